The van der Waals surface area contributed by atoms with Crippen LogP contribution in [0.15, 0.2) is 48.5 Å². The van der Waals surface area contributed by atoms with Crippen LogP contribution in [0.4, 0.5) is 14.5 Å². The van der Waals surface area contributed by atoms with Crippen LogP contribution in [-0.2, 0) is 4.79 Å². The van der Waals surface area contributed by atoms with Crippen molar-refractivity contribution < 1.29 is 23.5 Å². The number of halogens is 3. The largest absolute Gasteiger partial charge is 0.480 e. The van der Waals surface area contributed by atoms with Crippen molar-refractivity contribution >= 4 is 29.2 Å². The smallest absolute Gasteiger partial charge is 0.326 e. The number of nitrogens with one attached hydrogen (secondary N) is 1. The van der Waals surface area contributed by atoms with Crippen LogP contribution < -0.4 is 5.32 Å². The number of aliphatic carboxylic acids is 1. The van der Waals surface area contributed by atoms with Crippen molar-refractivity contribution in [2.24, 2.45) is 0 Å². The third kappa shape index (κ3) is 5.62. The Hall–Kier alpha value is -3.45. The average molecular weight is 501 g/mol. The second kappa shape index (κ2) is 10.4. The second-order valence-electron chi connectivity index (χ2n) is 8.66. The van der Waals surface area contributed by atoms with Gasteiger partial charge in [-0.2, -0.15) is 0 Å². The highest BCUT2D eigenvalue weighted by molar-refractivity contribution is 6.32. The van der Waals surface area contributed by atoms with Gasteiger partial charge in [0.15, 0.2) is 0 Å². The third-order valence-corrected chi connectivity index (χ3v) is 6.65. The summed E-state index contributed by atoms with van der Waals surface area (Å²) in [6, 6.07) is 12.0. The van der Waals surface area contributed by atoms with Crippen LogP contribution >= 0.6 is 11.6 Å². The molecule has 0 saturated heterocycles. The first-order chi connectivity index (χ1) is 16.4. The molecule has 3 aromatic carbocycles. The fourth-order valence-electron chi connectivity index (χ4n) is 3.81. The van der Waals surface area contributed by atoms with Gasteiger partial charge < -0.3 is 15.3 Å². The molecule has 0 spiro atoms. The maximum atomic E-state index is 14.9. The molecule has 0 aliphatic heterocycles. The van der Waals surface area contributed by atoms with Gasteiger partial charge in [0.1, 0.15) is 23.2 Å². The van der Waals surface area contributed by atoms with Crippen LogP contribution in [0.5, 0.6) is 0 Å². The van der Waals surface area contributed by atoms with Crippen molar-refractivity contribution in [3.8, 4) is 11.1 Å². The van der Waals surface area contributed by atoms with E-state index >= 15 is 0 Å². The molecule has 5 nitrogen and oxygen atoms in total. The highest BCUT2D eigenvalue weighted by atomic mass is 35.5. The van der Waals surface area contributed by atoms with Crippen LogP contribution in [0, 0.1) is 25.5 Å². The molecule has 2 atom stereocenters. The van der Waals surface area contributed by atoms with Crippen LogP contribution in [-0.4, -0.2) is 35.0 Å². The summed E-state index contributed by atoms with van der Waals surface area (Å²) in [5.41, 5.74) is 3.77. The molecule has 0 bridgehead atoms. The predicted octanol–water partition coefficient (Wildman–Crippen LogP) is 6.62. The van der Waals surface area contributed by atoms with E-state index in [1.165, 1.54) is 14.0 Å². The molecular formula is C27H27ClF2N2O3. The third-order valence-electron chi connectivity index (χ3n) is 6.05. The SMILES string of the molecule is Cc1cc(C(C)Nc2cccc(-c3cc(F)c(C(=O)N(C)C(C)C(=O)O)c(F)c3)c2)cc(C)c1Cl. The van der Waals surface area contributed by atoms with Gasteiger partial charge in [-0.15, -0.1) is 0 Å². The van der Waals surface area contributed by atoms with E-state index < -0.39 is 35.1 Å². The number of anilines is 1. The summed E-state index contributed by atoms with van der Waals surface area (Å²) >= 11 is 6.27. The summed E-state index contributed by atoms with van der Waals surface area (Å²) in [7, 11) is 1.19. The molecule has 0 aromatic heterocycles. The highest BCUT2D eigenvalue weighted by Gasteiger charge is 2.28. The fourth-order valence-corrected chi connectivity index (χ4v) is 3.92. The molecule has 35 heavy (non-hydrogen) atoms. The van der Waals surface area contributed by atoms with Gasteiger partial charge in [0.2, 0.25) is 0 Å². The Morgan fingerprint density at radius 2 is 1.54 bits per heavy atom. The number of nitrogens with zero attached hydrogens (tertiary/aromatic N) is 1. The molecule has 2 N–H and O–H groups in total. The maximum absolute atomic E-state index is 14.9. The van der Waals surface area contributed by atoms with Gasteiger partial charge in [0, 0.05) is 23.8 Å². The summed E-state index contributed by atoms with van der Waals surface area (Å²) < 4.78 is 29.7. The number of carboxylic acids is 1. The zero-order valence-corrected chi connectivity index (χ0v) is 20.9. The molecule has 3 rings (SSSR count). The van der Waals surface area contributed by atoms with Crippen molar-refractivity contribution in [1.29, 1.82) is 0 Å². The number of carbonyl (C=O) groups is 2. The number of aryl methyl sites for hydroxylation is 2. The normalized spacial score (nSPS) is 12.7. The topological polar surface area (TPSA) is 69.6 Å². The highest BCUT2D eigenvalue weighted by Crippen LogP contribution is 2.30. The lowest BCUT2D eigenvalue weighted by atomic mass is 10.00. The van der Waals surface area contributed by atoms with E-state index in [0.717, 1.165) is 44.4 Å². The van der Waals surface area contributed by atoms with E-state index in [4.69, 9.17) is 16.7 Å². The number of carboxylic acid groups (broad SMARTS) is 1. The molecule has 3 aromatic rings. The molecule has 0 saturated carbocycles. The van der Waals surface area contributed by atoms with Gasteiger partial charge in [-0.3, -0.25) is 4.79 Å². The fraction of sp³-hybridized carbons (Fsp3) is 0.259. The second-order valence-corrected chi connectivity index (χ2v) is 9.04. The lowest BCUT2D eigenvalue weighted by Crippen LogP contribution is -2.41. The summed E-state index contributed by atoms with van der Waals surface area (Å²) in [5.74, 6) is -4.44. The van der Waals surface area contributed by atoms with Crippen LogP contribution in [0.3, 0.4) is 0 Å². The minimum Gasteiger partial charge on any atom is -0.480 e. The van der Waals surface area contributed by atoms with Gasteiger partial charge in [-0.1, -0.05) is 35.9 Å². The first kappa shape index (κ1) is 26.2. The van der Waals surface area contributed by atoms with Gasteiger partial charge in [0.25, 0.3) is 5.91 Å². The zero-order valence-electron chi connectivity index (χ0n) is 20.1. The van der Waals surface area contributed by atoms with Crippen molar-refractivity contribution in [2.45, 2.75) is 39.8 Å². The van der Waals surface area contributed by atoms with Crippen LogP contribution in [0.2, 0.25) is 5.02 Å². The number of rotatable bonds is 7. The average Bonchev–Trinajstić information content (AvgIpc) is 2.80. The molecule has 0 aliphatic carbocycles. The minimum atomic E-state index is -1.28. The Morgan fingerprint density at radius 1 is 0.971 bits per heavy atom. The van der Waals surface area contributed by atoms with Gasteiger partial charge in [-0.25, -0.2) is 13.6 Å². The molecule has 0 fully saturated rings. The Labute approximate surface area is 208 Å². The maximum Gasteiger partial charge on any atom is 0.326 e. The molecule has 184 valence electrons. The molecule has 8 heteroatoms. The Kier molecular flexibility index (Phi) is 7.80. The number of hydrogen-bond acceptors (Lipinski definition) is 3. The lowest BCUT2D eigenvalue weighted by Gasteiger charge is -2.22. The molecule has 1 amide bonds. The Morgan fingerprint density at radius 3 is 2.09 bits per heavy atom. The van der Waals surface area contributed by atoms with Gasteiger partial charge in [-0.05, 0) is 79.8 Å². The van der Waals surface area contributed by atoms with Crippen LogP contribution in [0.1, 0.15) is 46.9 Å². The number of hydrogen-bond donors (Lipinski definition) is 2. The van der Waals surface area contributed by atoms with E-state index in [0.29, 0.717) is 5.56 Å². The van der Waals surface area contributed by atoms with E-state index in [1.807, 2.05) is 39.0 Å². The van der Waals surface area contributed by atoms with E-state index in [-0.39, 0.29) is 11.6 Å². The Bertz CT molecular complexity index is 1250. The van der Waals surface area contributed by atoms with Crippen LogP contribution in [0.25, 0.3) is 11.1 Å². The quantitative estimate of drug-likeness (QED) is 0.382. The Balaban J connectivity index is 1.88. The lowest BCUT2D eigenvalue weighted by molar-refractivity contribution is -0.141. The molecule has 0 radical (unpaired) electrons. The van der Waals surface area contributed by atoms with Gasteiger partial charge in [0.05, 0.1) is 0 Å². The molecule has 0 heterocycles. The standard InChI is InChI=1S/C27H27ClF2N2O3/c1-14-9-19(10-15(2)25(14)28)16(3)31-21-8-6-7-18(11-21)20-12-22(29)24(23(30)13-20)26(33)32(5)17(4)27(34)35/h6-13,16-17,31H,1-5H3,(H,34,35). The minimum absolute atomic E-state index is 0.0554. The van der Waals surface area contributed by atoms with E-state index in [2.05, 4.69) is 5.32 Å². The number of likely N-dealkylation sites (N-methyl/N-ethyl adjacent to an activating group) is 1. The van der Waals surface area contributed by atoms with E-state index in [1.54, 1.807) is 18.2 Å². The first-order valence-electron chi connectivity index (χ1n) is 11.0. The number of carbonyl (C=O) groups excluding carboxylic acids is 1. The summed E-state index contributed by atoms with van der Waals surface area (Å²) in [5, 5.41) is 13.2. The molecule has 0 aliphatic rings. The summed E-state index contributed by atoms with van der Waals surface area (Å²) in [6.45, 7) is 7.16. The van der Waals surface area contributed by atoms with Crippen molar-refractivity contribution in [3.63, 3.8) is 0 Å². The zero-order chi connectivity index (χ0) is 26.0. The van der Waals surface area contributed by atoms with Gasteiger partial charge >= 0.3 is 5.97 Å². The predicted molar refractivity (Wildman–Crippen MR) is 134 cm³/mol. The van der Waals surface area contributed by atoms with Crippen molar-refractivity contribution in [1.82, 2.24) is 4.90 Å². The van der Waals surface area contributed by atoms with Crippen molar-refractivity contribution in [2.75, 3.05) is 12.4 Å². The summed E-state index contributed by atoms with van der Waals surface area (Å²) in [4.78, 5) is 24.4. The summed E-state index contributed by atoms with van der Waals surface area (Å²) in [6.07, 6.45) is 0. The number of amides is 1. The van der Waals surface area contributed by atoms with E-state index in [9.17, 15) is 18.4 Å². The first-order valence-corrected chi connectivity index (χ1v) is 11.4. The monoisotopic (exact) mass is 500 g/mol. The molecular weight excluding hydrogens is 474 g/mol. The van der Waals surface area contributed by atoms with Crippen molar-refractivity contribution in [3.05, 3.63) is 87.4 Å². The number of benzene rings is 3. The molecule has 2 unspecified atom stereocenters.